The van der Waals surface area contributed by atoms with Gasteiger partial charge in [-0.2, -0.15) is 0 Å². The molecule has 3 heteroatoms. The summed E-state index contributed by atoms with van der Waals surface area (Å²) in [6, 6.07) is 29.5. The summed E-state index contributed by atoms with van der Waals surface area (Å²) in [5.74, 6) is 0.908. The number of hydrogen-bond donors (Lipinski definition) is 0. The summed E-state index contributed by atoms with van der Waals surface area (Å²) in [7, 11) is 0. The zero-order chi connectivity index (χ0) is 18.5. The molecule has 0 unspecified atom stereocenters. The zero-order valence-electron chi connectivity index (χ0n) is 15.4. The Balaban J connectivity index is 1.79. The van der Waals surface area contributed by atoms with E-state index in [9.17, 15) is 0 Å². The Bertz CT molecular complexity index is 832. The fourth-order valence-electron chi connectivity index (χ4n) is 3.72. The first-order valence-corrected chi connectivity index (χ1v) is 9.34. The van der Waals surface area contributed by atoms with Crippen molar-refractivity contribution < 1.29 is 4.74 Å². The molecule has 0 spiro atoms. The van der Waals surface area contributed by atoms with Crippen LogP contribution in [0.15, 0.2) is 97.6 Å². The van der Waals surface area contributed by atoms with E-state index < -0.39 is 0 Å². The molecule has 3 nitrogen and oxygen atoms in total. The maximum atomic E-state index is 6.00. The second kappa shape index (κ2) is 8.00. The van der Waals surface area contributed by atoms with Crippen molar-refractivity contribution in [3.05, 3.63) is 103 Å². The van der Waals surface area contributed by atoms with Gasteiger partial charge in [0.2, 0.25) is 0 Å². The molecule has 0 amide bonds. The predicted molar refractivity (Wildman–Crippen MR) is 112 cm³/mol. The largest absolute Gasteiger partial charge is 0.489 e. The Hall–Kier alpha value is -3.20. The Kier molecular flexibility index (Phi) is 5.10. The van der Waals surface area contributed by atoms with Gasteiger partial charge in [0.05, 0.1) is 0 Å². The number of benzene rings is 3. The number of para-hydroxylation sites is 3. The topological polar surface area (TPSA) is 15.7 Å². The highest BCUT2D eigenvalue weighted by atomic mass is 16.5. The van der Waals surface area contributed by atoms with Gasteiger partial charge in [0.15, 0.2) is 0 Å². The SMILES string of the molecule is C=CCOc1ccccc1C1N(c2ccccc2)CCN1c1ccccc1. The predicted octanol–water partition coefficient (Wildman–Crippen LogP) is 5.28. The molecule has 1 aliphatic heterocycles. The van der Waals surface area contributed by atoms with Crippen LogP contribution in [-0.4, -0.2) is 19.7 Å². The Morgan fingerprint density at radius 2 is 1.30 bits per heavy atom. The summed E-state index contributed by atoms with van der Waals surface area (Å²) in [4.78, 5) is 4.90. The smallest absolute Gasteiger partial charge is 0.132 e. The third kappa shape index (κ3) is 3.54. The quantitative estimate of drug-likeness (QED) is 0.559. The molecule has 0 saturated carbocycles. The van der Waals surface area contributed by atoms with E-state index in [4.69, 9.17) is 4.74 Å². The number of rotatable bonds is 6. The van der Waals surface area contributed by atoms with Crippen LogP contribution in [0.1, 0.15) is 11.7 Å². The first kappa shape index (κ1) is 17.2. The van der Waals surface area contributed by atoms with Crippen molar-refractivity contribution in [2.75, 3.05) is 29.5 Å². The van der Waals surface area contributed by atoms with Crippen molar-refractivity contribution in [3.8, 4) is 5.75 Å². The summed E-state index contributed by atoms with van der Waals surface area (Å²) in [6.45, 7) is 6.20. The molecule has 1 saturated heterocycles. The van der Waals surface area contributed by atoms with Crippen LogP contribution in [0.3, 0.4) is 0 Å². The standard InChI is InChI=1S/C24H24N2O/c1-2-19-27-23-16-10-9-15-22(23)24-25(20-11-5-3-6-12-20)17-18-26(24)21-13-7-4-8-14-21/h2-16,24H,1,17-19H2. The molecule has 0 radical (unpaired) electrons. The lowest BCUT2D eigenvalue weighted by Crippen LogP contribution is -2.31. The van der Waals surface area contributed by atoms with Crippen LogP contribution in [0.2, 0.25) is 0 Å². The van der Waals surface area contributed by atoms with Gasteiger partial charge in [0.1, 0.15) is 18.5 Å². The van der Waals surface area contributed by atoms with Gasteiger partial charge < -0.3 is 14.5 Å². The molecular weight excluding hydrogens is 332 g/mol. The molecule has 1 fully saturated rings. The van der Waals surface area contributed by atoms with E-state index in [1.165, 1.54) is 16.9 Å². The normalized spacial score (nSPS) is 14.4. The molecule has 27 heavy (non-hydrogen) atoms. The second-order valence-corrected chi connectivity index (χ2v) is 6.57. The summed E-state index contributed by atoms with van der Waals surface area (Å²) < 4.78 is 6.00. The number of ether oxygens (including phenoxy) is 1. The van der Waals surface area contributed by atoms with Crippen LogP contribution in [0.5, 0.6) is 5.75 Å². The van der Waals surface area contributed by atoms with E-state index in [1.54, 1.807) is 6.08 Å². The first-order chi connectivity index (χ1) is 13.4. The van der Waals surface area contributed by atoms with Gasteiger partial charge >= 0.3 is 0 Å². The Morgan fingerprint density at radius 1 is 0.778 bits per heavy atom. The van der Waals surface area contributed by atoms with E-state index in [2.05, 4.69) is 89.2 Å². The minimum absolute atomic E-state index is 0.0795. The van der Waals surface area contributed by atoms with E-state index in [0.717, 1.165) is 18.8 Å². The molecule has 4 rings (SSSR count). The molecule has 0 N–H and O–H groups in total. The monoisotopic (exact) mass is 356 g/mol. The van der Waals surface area contributed by atoms with Crippen molar-refractivity contribution in [1.82, 2.24) is 0 Å². The lowest BCUT2D eigenvalue weighted by Gasteiger charge is -2.34. The number of hydrogen-bond acceptors (Lipinski definition) is 3. The molecule has 0 bridgehead atoms. The van der Waals surface area contributed by atoms with Crippen LogP contribution >= 0.6 is 0 Å². The molecule has 3 aromatic rings. The highest BCUT2D eigenvalue weighted by Crippen LogP contribution is 2.40. The van der Waals surface area contributed by atoms with Crippen LogP contribution in [0.25, 0.3) is 0 Å². The van der Waals surface area contributed by atoms with Crippen LogP contribution in [-0.2, 0) is 0 Å². The maximum absolute atomic E-state index is 6.00. The fourth-order valence-corrected chi connectivity index (χ4v) is 3.72. The third-order valence-electron chi connectivity index (χ3n) is 4.90. The molecule has 1 aliphatic rings. The maximum Gasteiger partial charge on any atom is 0.132 e. The fraction of sp³-hybridized carbons (Fsp3) is 0.167. The molecule has 1 heterocycles. The van der Waals surface area contributed by atoms with E-state index in [0.29, 0.717) is 6.61 Å². The van der Waals surface area contributed by atoms with E-state index in [-0.39, 0.29) is 6.17 Å². The highest BCUT2D eigenvalue weighted by Gasteiger charge is 2.35. The summed E-state index contributed by atoms with van der Waals surface area (Å²) >= 11 is 0. The minimum atomic E-state index is 0.0795. The summed E-state index contributed by atoms with van der Waals surface area (Å²) in [5.41, 5.74) is 3.61. The first-order valence-electron chi connectivity index (χ1n) is 9.34. The van der Waals surface area contributed by atoms with Crippen molar-refractivity contribution in [3.63, 3.8) is 0 Å². The van der Waals surface area contributed by atoms with Gasteiger partial charge in [-0.15, -0.1) is 0 Å². The van der Waals surface area contributed by atoms with Crippen LogP contribution < -0.4 is 14.5 Å². The number of anilines is 2. The van der Waals surface area contributed by atoms with Gasteiger partial charge in [-0.25, -0.2) is 0 Å². The van der Waals surface area contributed by atoms with Gasteiger partial charge in [-0.05, 0) is 30.3 Å². The molecular formula is C24H24N2O. The zero-order valence-corrected chi connectivity index (χ0v) is 15.4. The summed E-state index contributed by atoms with van der Waals surface area (Å²) in [5, 5.41) is 0. The van der Waals surface area contributed by atoms with Crippen molar-refractivity contribution in [2.24, 2.45) is 0 Å². The lowest BCUT2D eigenvalue weighted by atomic mass is 10.1. The minimum Gasteiger partial charge on any atom is -0.489 e. The van der Waals surface area contributed by atoms with Gasteiger partial charge in [0, 0.05) is 30.0 Å². The summed E-state index contributed by atoms with van der Waals surface area (Å²) in [6.07, 6.45) is 1.87. The van der Waals surface area contributed by atoms with Crippen molar-refractivity contribution in [1.29, 1.82) is 0 Å². The van der Waals surface area contributed by atoms with Gasteiger partial charge in [-0.1, -0.05) is 67.3 Å². The Morgan fingerprint density at radius 3 is 1.85 bits per heavy atom. The van der Waals surface area contributed by atoms with Crippen molar-refractivity contribution >= 4 is 11.4 Å². The van der Waals surface area contributed by atoms with Gasteiger partial charge in [0.25, 0.3) is 0 Å². The molecule has 0 aliphatic carbocycles. The average Bonchev–Trinajstić information content (AvgIpc) is 3.18. The van der Waals surface area contributed by atoms with Crippen LogP contribution in [0.4, 0.5) is 11.4 Å². The molecule has 0 aromatic heterocycles. The van der Waals surface area contributed by atoms with Crippen molar-refractivity contribution in [2.45, 2.75) is 6.17 Å². The average molecular weight is 356 g/mol. The molecule has 136 valence electrons. The molecule has 3 aromatic carbocycles. The third-order valence-corrected chi connectivity index (χ3v) is 4.90. The highest BCUT2D eigenvalue weighted by molar-refractivity contribution is 5.60. The number of nitrogens with zero attached hydrogens (tertiary/aromatic N) is 2. The lowest BCUT2D eigenvalue weighted by molar-refractivity contribution is 0.356. The van der Waals surface area contributed by atoms with E-state index in [1.807, 2.05) is 12.1 Å². The molecule has 0 atom stereocenters. The van der Waals surface area contributed by atoms with Gasteiger partial charge in [-0.3, -0.25) is 0 Å². The van der Waals surface area contributed by atoms with Crippen LogP contribution in [0, 0.1) is 0 Å². The second-order valence-electron chi connectivity index (χ2n) is 6.57. The Labute approximate surface area is 161 Å². The van der Waals surface area contributed by atoms with E-state index >= 15 is 0 Å².